The number of H-pyrrole nitrogens is 1. The van der Waals surface area contributed by atoms with Gasteiger partial charge in [-0.05, 0) is 25.1 Å². The van der Waals surface area contributed by atoms with Crippen molar-refractivity contribution in [1.82, 2.24) is 10.2 Å². The maximum absolute atomic E-state index is 11.5. The molecule has 0 bridgehead atoms. The van der Waals surface area contributed by atoms with Gasteiger partial charge in [0.05, 0.1) is 5.69 Å². The standard InChI is InChI=1S/C12H12BrN3O/c1-7(14)10-6-11(15-16-12(10)17)8-2-4-9(13)5-3-8/h2-7H,14H2,1H3,(H,16,17). The van der Waals surface area contributed by atoms with Gasteiger partial charge in [0.1, 0.15) is 0 Å². The first-order valence-electron chi connectivity index (χ1n) is 5.19. The van der Waals surface area contributed by atoms with E-state index in [1.165, 1.54) is 0 Å². The molecule has 2 rings (SSSR count). The maximum atomic E-state index is 11.5. The van der Waals surface area contributed by atoms with Crippen LogP contribution in [0.3, 0.4) is 0 Å². The lowest BCUT2D eigenvalue weighted by Crippen LogP contribution is -2.20. The minimum absolute atomic E-state index is 0.235. The highest BCUT2D eigenvalue weighted by molar-refractivity contribution is 9.10. The van der Waals surface area contributed by atoms with Crippen LogP contribution in [0.25, 0.3) is 11.3 Å². The summed E-state index contributed by atoms with van der Waals surface area (Å²) in [6.45, 7) is 1.77. The molecule has 1 aromatic heterocycles. The maximum Gasteiger partial charge on any atom is 0.268 e. The van der Waals surface area contributed by atoms with Crippen LogP contribution in [0, 0.1) is 0 Å². The SMILES string of the molecule is CC(N)c1cc(-c2ccc(Br)cc2)n[nH]c1=O. The van der Waals surface area contributed by atoms with Gasteiger partial charge in [-0.15, -0.1) is 0 Å². The van der Waals surface area contributed by atoms with Gasteiger partial charge in [-0.3, -0.25) is 4.79 Å². The smallest absolute Gasteiger partial charge is 0.268 e. The number of benzene rings is 1. The van der Waals surface area contributed by atoms with Crippen molar-refractivity contribution in [3.05, 3.63) is 50.7 Å². The molecule has 1 aromatic carbocycles. The molecule has 0 aliphatic carbocycles. The van der Waals surface area contributed by atoms with Crippen LogP contribution < -0.4 is 11.3 Å². The molecule has 1 unspecified atom stereocenters. The molecule has 17 heavy (non-hydrogen) atoms. The molecule has 0 amide bonds. The summed E-state index contributed by atoms with van der Waals surface area (Å²) >= 11 is 3.37. The van der Waals surface area contributed by atoms with Gasteiger partial charge in [0.2, 0.25) is 0 Å². The highest BCUT2D eigenvalue weighted by Crippen LogP contribution is 2.20. The van der Waals surface area contributed by atoms with Crippen molar-refractivity contribution in [3.8, 4) is 11.3 Å². The van der Waals surface area contributed by atoms with E-state index in [1.54, 1.807) is 13.0 Å². The summed E-state index contributed by atoms with van der Waals surface area (Å²) < 4.78 is 0.998. The number of aromatic nitrogens is 2. The highest BCUT2D eigenvalue weighted by Gasteiger charge is 2.08. The third-order valence-electron chi connectivity index (χ3n) is 2.46. The fraction of sp³-hybridized carbons (Fsp3) is 0.167. The van der Waals surface area contributed by atoms with Crippen LogP contribution in [0.5, 0.6) is 0 Å². The van der Waals surface area contributed by atoms with Crippen LogP contribution in [0.1, 0.15) is 18.5 Å². The van der Waals surface area contributed by atoms with Crippen molar-refractivity contribution in [2.75, 3.05) is 0 Å². The molecule has 0 fully saturated rings. The summed E-state index contributed by atoms with van der Waals surface area (Å²) in [5, 5.41) is 6.48. The fourth-order valence-corrected chi connectivity index (χ4v) is 1.79. The monoisotopic (exact) mass is 293 g/mol. The van der Waals surface area contributed by atoms with Gasteiger partial charge >= 0.3 is 0 Å². The Labute approximate surface area is 107 Å². The predicted octanol–water partition coefficient (Wildman–Crippen LogP) is 2.22. The molecular formula is C12H12BrN3O. The number of halogens is 1. The Morgan fingerprint density at radius 3 is 2.59 bits per heavy atom. The van der Waals surface area contributed by atoms with Gasteiger partial charge in [-0.25, -0.2) is 5.10 Å². The van der Waals surface area contributed by atoms with Crippen molar-refractivity contribution < 1.29 is 0 Å². The zero-order chi connectivity index (χ0) is 12.4. The Bertz CT molecular complexity index is 575. The second-order valence-corrected chi connectivity index (χ2v) is 4.75. The molecule has 0 spiro atoms. The fourth-order valence-electron chi connectivity index (χ4n) is 1.53. The van der Waals surface area contributed by atoms with Crippen LogP contribution in [0.2, 0.25) is 0 Å². The van der Waals surface area contributed by atoms with Gasteiger partial charge in [0.25, 0.3) is 5.56 Å². The quantitative estimate of drug-likeness (QED) is 0.892. The van der Waals surface area contributed by atoms with Crippen molar-refractivity contribution in [2.45, 2.75) is 13.0 Å². The minimum Gasteiger partial charge on any atom is -0.324 e. The number of hydrogen-bond donors (Lipinski definition) is 2. The van der Waals surface area contributed by atoms with E-state index in [9.17, 15) is 4.79 Å². The van der Waals surface area contributed by atoms with E-state index in [1.807, 2.05) is 24.3 Å². The van der Waals surface area contributed by atoms with E-state index in [-0.39, 0.29) is 11.6 Å². The van der Waals surface area contributed by atoms with Crippen LogP contribution in [0.15, 0.2) is 39.6 Å². The van der Waals surface area contributed by atoms with Crippen molar-refractivity contribution in [3.63, 3.8) is 0 Å². The molecule has 0 aliphatic rings. The molecule has 4 nitrogen and oxygen atoms in total. The Morgan fingerprint density at radius 1 is 1.35 bits per heavy atom. The number of hydrogen-bond acceptors (Lipinski definition) is 3. The Morgan fingerprint density at radius 2 is 2.00 bits per heavy atom. The third kappa shape index (κ3) is 2.62. The van der Waals surface area contributed by atoms with Crippen molar-refractivity contribution in [2.24, 2.45) is 5.73 Å². The Kier molecular flexibility index (Phi) is 3.40. The molecule has 1 atom stereocenters. The van der Waals surface area contributed by atoms with Gasteiger partial charge in [-0.2, -0.15) is 5.10 Å². The largest absolute Gasteiger partial charge is 0.324 e. The number of nitrogens with two attached hydrogens (primary N) is 1. The summed E-state index contributed by atoms with van der Waals surface area (Å²) in [6.07, 6.45) is 0. The molecule has 0 saturated carbocycles. The molecule has 5 heteroatoms. The van der Waals surface area contributed by atoms with E-state index in [0.29, 0.717) is 11.3 Å². The van der Waals surface area contributed by atoms with E-state index < -0.39 is 0 Å². The summed E-state index contributed by atoms with van der Waals surface area (Å²) in [5.74, 6) is 0. The average Bonchev–Trinajstić information content (AvgIpc) is 2.30. The first kappa shape index (κ1) is 12.0. The number of aromatic amines is 1. The lowest BCUT2D eigenvalue weighted by Gasteiger charge is -2.06. The molecule has 88 valence electrons. The number of nitrogens with one attached hydrogen (secondary N) is 1. The van der Waals surface area contributed by atoms with Crippen LogP contribution >= 0.6 is 15.9 Å². The highest BCUT2D eigenvalue weighted by atomic mass is 79.9. The molecule has 0 aliphatic heterocycles. The lowest BCUT2D eigenvalue weighted by atomic mass is 10.1. The molecule has 2 aromatic rings. The Hall–Kier alpha value is -1.46. The van der Waals surface area contributed by atoms with Crippen LogP contribution in [-0.4, -0.2) is 10.2 Å². The normalized spacial score (nSPS) is 12.4. The predicted molar refractivity (Wildman–Crippen MR) is 70.6 cm³/mol. The molecule has 0 saturated heterocycles. The summed E-state index contributed by atoms with van der Waals surface area (Å²) in [6, 6.07) is 9.12. The molecule has 3 N–H and O–H groups in total. The van der Waals surface area contributed by atoms with E-state index in [4.69, 9.17) is 5.73 Å². The number of rotatable bonds is 2. The van der Waals surface area contributed by atoms with Crippen molar-refractivity contribution in [1.29, 1.82) is 0 Å². The minimum atomic E-state index is -0.309. The molecular weight excluding hydrogens is 282 g/mol. The van der Waals surface area contributed by atoms with Gasteiger partial charge in [0.15, 0.2) is 0 Å². The van der Waals surface area contributed by atoms with Gasteiger partial charge < -0.3 is 5.73 Å². The average molecular weight is 294 g/mol. The zero-order valence-electron chi connectivity index (χ0n) is 9.27. The van der Waals surface area contributed by atoms with E-state index >= 15 is 0 Å². The van der Waals surface area contributed by atoms with Gasteiger partial charge in [0, 0.05) is 21.6 Å². The van der Waals surface area contributed by atoms with Crippen LogP contribution in [-0.2, 0) is 0 Å². The lowest BCUT2D eigenvalue weighted by molar-refractivity contribution is 0.785. The topological polar surface area (TPSA) is 71.8 Å². The molecule has 1 heterocycles. The first-order valence-corrected chi connectivity index (χ1v) is 5.98. The van der Waals surface area contributed by atoms with Gasteiger partial charge in [-0.1, -0.05) is 28.1 Å². The summed E-state index contributed by atoms with van der Waals surface area (Å²) in [5.41, 5.74) is 7.68. The Balaban J connectivity index is 2.50. The van der Waals surface area contributed by atoms with Crippen molar-refractivity contribution >= 4 is 15.9 Å². The van der Waals surface area contributed by atoms with E-state index in [2.05, 4.69) is 26.1 Å². The second-order valence-electron chi connectivity index (χ2n) is 3.83. The summed E-state index contributed by atoms with van der Waals surface area (Å²) in [4.78, 5) is 11.5. The number of nitrogens with zero attached hydrogens (tertiary/aromatic N) is 1. The second kappa shape index (κ2) is 4.81. The third-order valence-corrected chi connectivity index (χ3v) is 2.99. The van der Waals surface area contributed by atoms with E-state index in [0.717, 1.165) is 10.0 Å². The zero-order valence-corrected chi connectivity index (χ0v) is 10.9. The summed E-state index contributed by atoms with van der Waals surface area (Å²) in [7, 11) is 0. The van der Waals surface area contributed by atoms with Crippen LogP contribution in [0.4, 0.5) is 0 Å². The molecule has 0 radical (unpaired) electrons. The first-order chi connectivity index (χ1) is 8.08.